The highest BCUT2D eigenvalue weighted by Gasteiger charge is 2.20. The van der Waals surface area contributed by atoms with E-state index in [9.17, 15) is 0 Å². The van der Waals surface area contributed by atoms with E-state index in [1.54, 1.807) is 7.11 Å². The Labute approximate surface area is 130 Å². The Morgan fingerprint density at radius 1 is 1.40 bits per heavy atom. The summed E-state index contributed by atoms with van der Waals surface area (Å²) in [5.41, 5.74) is 1.33. The van der Waals surface area contributed by atoms with E-state index in [0.717, 1.165) is 35.9 Å². The summed E-state index contributed by atoms with van der Waals surface area (Å²) < 4.78 is 11.8. The first-order valence-corrected chi connectivity index (χ1v) is 8.18. The molecule has 0 aromatic heterocycles. The number of hydrogen-bond donors (Lipinski definition) is 1. The number of benzene rings is 1. The maximum Gasteiger partial charge on any atom is 0.133 e. The Balaban J connectivity index is 2.08. The summed E-state index contributed by atoms with van der Waals surface area (Å²) in [7, 11) is 1.70. The lowest BCUT2D eigenvalue weighted by molar-refractivity contribution is 0.0606. The highest BCUT2D eigenvalue weighted by Crippen LogP contribution is 2.32. The summed E-state index contributed by atoms with van der Waals surface area (Å²) in [4.78, 5) is 0. The van der Waals surface area contributed by atoms with Crippen molar-refractivity contribution in [3.8, 4) is 5.75 Å². The van der Waals surface area contributed by atoms with Crippen molar-refractivity contribution in [3.05, 3.63) is 28.2 Å². The number of nitrogens with one attached hydrogen (secondary N) is 1. The van der Waals surface area contributed by atoms with E-state index in [-0.39, 0.29) is 0 Å². The normalized spacial score (nSPS) is 17.9. The fraction of sp³-hybridized carbons (Fsp3) is 0.625. The topological polar surface area (TPSA) is 30.5 Å². The van der Waals surface area contributed by atoms with E-state index in [2.05, 4.69) is 40.3 Å². The van der Waals surface area contributed by atoms with E-state index in [1.165, 1.54) is 24.8 Å². The van der Waals surface area contributed by atoms with E-state index in [1.807, 2.05) is 6.07 Å². The third kappa shape index (κ3) is 4.21. The van der Waals surface area contributed by atoms with Gasteiger partial charge < -0.3 is 14.8 Å². The third-order valence-corrected chi connectivity index (χ3v) is 4.56. The fourth-order valence-corrected chi connectivity index (χ4v) is 3.36. The molecule has 112 valence electrons. The third-order valence-electron chi connectivity index (χ3n) is 3.94. The summed E-state index contributed by atoms with van der Waals surface area (Å²) in [6.45, 7) is 4.97. The molecule has 1 N–H and O–H groups in total. The first-order chi connectivity index (χ1) is 9.74. The zero-order valence-electron chi connectivity index (χ0n) is 12.3. The van der Waals surface area contributed by atoms with Crippen molar-refractivity contribution in [3.63, 3.8) is 0 Å². The van der Waals surface area contributed by atoms with E-state index in [4.69, 9.17) is 9.47 Å². The van der Waals surface area contributed by atoms with Crippen LogP contribution in [0.5, 0.6) is 5.75 Å². The van der Waals surface area contributed by atoms with Crippen LogP contribution >= 0.6 is 15.9 Å². The van der Waals surface area contributed by atoms with Gasteiger partial charge in [0.15, 0.2) is 0 Å². The number of hydrogen-bond acceptors (Lipinski definition) is 3. The van der Waals surface area contributed by atoms with Gasteiger partial charge in [-0.05, 0) is 65.4 Å². The predicted molar refractivity (Wildman–Crippen MR) is 85.3 cm³/mol. The molecule has 2 rings (SSSR count). The van der Waals surface area contributed by atoms with Crippen LogP contribution in [-0.2, 0) is 4.74 Å². The summed E-state index contributed by atoms with van der Waals surface area (Å²) in [6.07, 6.45) is 3.54. The smallest absolute Gasteiger partial charge is 0.133 e. The molecule has 1 fully saturated rings. The zero-order valence-corrected chi connectivity index (χ0v) is 13.9. The summed E-state index contributed by atoms with van der Waals surface area (Å²) in [6, 6.07) is 6.78. The second kappa shape index (κ2) is 8.01. The van der Waals surface area contributed by atoms with Gasteiger partial charge >= 0.3 is 0 Å². The van der Waals surface area contributed by atoms with Crippen molar-refractivity contribution in [2.24, 2.45) is 5.92 Å². The molecule has 1 saturated heterocycles. The van der Waals surface area contributed by atoms with Crippen molar-refractivity contribution < 1.29 is 9.47 Å². The Bertz CT molecular complexity index is 419. The molecule has 1 aliphatic rings. The molecule has 1 heterocycles. The minimum Gasteiger partial charge on any atom is -0.496 e. The molecule has 0 spiro atoms. The van der Waals surface area contributed by atoms with Crippen molar-refractivity contribution in [2.45, 2.75) is 32.2 Å². The minimum absolute atomic E-state index is 0.408. The van der Waals surface area contributed by atoms with Crippen molar-refractivity contribution in [2.75, 3.05) is 26.9 Å². The molecule has 0 amide bonds. The van der Waals surface area contributed by atoms with Crippen molar-refractivity contribution in [1.82, 2.24) is 5.32 Å². The first-order valence-electron chi connectivity index (χ1n) is 7.39. The lowest BCUT2D eigenvalue weighted by Crippen LogP contribution is -2.26. The molecular formula is C16H24BrNO2. The second-order valence-electron chi connectivity index (χ2n) is 5.30. The fourth-order valence-electron chi connectivity index (χ4n) is 2.80. The van der Waals surface area contributed by atoms with Crippen LogP contribution in [0.1, 0.15) is 37.8 Å². The minimum atomic E-state index is 0.408. The SMILES string of the molecule is CCNC(CC1CCOCC1)c1ccc(OC)c(Br)c1. The molecule has 0 aliphatic carbocycles. The molecule has 0 radical (unpaired) electrons. The van der Waals surface area contributed by atoms with Crippen LogP contribution in [-0.4, -0.2) is 26.9 Å². The molecule has 0 bridgehead atoms. The highest BCUT2D eigenvalue weighted by molar-refractivity contribution is 9.10. The van der Waals surface area contributed by atoms with Gasteiger partial charge in [0, 0.05) is 19.3 Å². The molecule has 4 heteroatoms. The van der Waals surface area contributed by atoms with E-state index < -0.39 is 0 Å². The largest absolute Gasteiger partial charge is 0.496 e. The summed E-state index contributed by atoms with van der Waals surface area (Å²) in [5, 5.41) is 3.61. The van der Waals surface area contributed by atoms with Gasteiger partial charge in [-0.2, -0.15) is 0 Å². The molecule has 1 atom stereocenters. The summed E-state index contributed by atoms with van der Waals surface area (Å²) >= 11 is 3.58. The predicted octanol–water partition coefficient (Wildman–Crippen LogP) is 3.93. The Hall–Kier alpha value is -0.580. The Morgan fingerprint density at radius 2 is 2.15 bits per heavy atom. The van der Waals surface area contributed by atoms with Crippen LogP contribution in [0, 0.1) is 5.92 Å². The zero-order chi connectivity index (χ0) is 14.4. The number of ether oxygens (including phenoxy) is 2. The van der Waals surface area contributed by atoms with Gasteiger partial charge in [-0.15, -0.1) is 0 Å². The quantitative estimate of drug-likeness (QED) is 0.850. The average Bonchev–Trinajstić information content (AvgIpc) is 2.48. The monoisotopic (exact) mass is 341 g/mol. The molecule has 1 aromatic carbocycles. The van der Waals surface area contributed by atoms with Gasteiger partial charge in [0.1, 0.15) is 5.75 Å². The second-order valence-corrected chi connectivity index (χ2v) is 6.15. The van der Waals surface area contributed by atoms with E-state index in [0.29, 0.717) is 6.04 Å². The molecule has 1 aliphatic heterocycles. The van der Waals surface area contributed by atoms with Gasteiger partial charge in [0.05, 0.1) is 11.6 Å². The van der Waals surface area contributed by atoms with E-state index >= 15 is 0 Å². The van der Waals surface area contributed by atoms with Crippen LogP contribution in [0.3, 0.4) is 0 Å². The molecule has 20 heavy (non-hydrogen) atoms. The van der Waals surface area contributed by atoms with Gasteiger partial charge in [-0.1, -0.05) is 13.0 Å². The van der Waals surface area contributed by atoms with Crippen LogP contribution in [0.25, 0.3) is 0 Å². The van der Waals surface area contributed by atoms with Crippen LogP contribution in [0.2, 0.25) is 0 Å². The number of rotatable bonds is 6. The molecule has 1 aromatic rings. The van der Waals surface area contributed by atoms with Crippen LogP contribution in [0.4, 0.5) is 0 Å². The molecule has 3 nitrogen and oxygen atoms in total. The molecule has 1 unspecified atom stereocenters. The standard InChI is InChI=1S/C16H24BrNO2/c1-3-18-15(10-12-6-8-20-9-7-12)13-4-5-16(19-2)14(17)11-13/h4-5,11-12,15,18H,3,6-10H2,1-2H3. The maximum absolute atomic E-state index is 5.45. The van der Waals surface area contributed by atoms with Gasteiger partial charge in [0.25, 0.3) is 0 Å². The van der Waals surface area contributed by atoms with Crippen molar-refractivity contribution >= 4 is 15.9 Å². The Kier molecular flexibility index (Phi) is 6.33. The number of methoxy groups -OCH3 is 1. The molecule has 0 saturated carbocycles. The lowest BCUT2D eigenvalue weighted by Gasteiger charge is -2.27. The van der Waals surface area contributed by atoms with Gasteiger partial charge in [-0.3, -0.25) is 0 Å². The Morgan fingerprint density at radius 3 is 2.75 bits per heavy atom. The molecular weight excluding hydrogens is 318 g/mol. The highest BCUT2D eigenvalue weighted by atomic mass is 79.9. The average molecular weight is 342 g/mol. The lowest BCUT2D eigenvalue weighted by atomic mass is 9.89. The van der Waals surface area contributed by atoms with Gasteiger partial charge in [0.2, 0.25) is 0 Å². The maximum atomic E-state index is 5.45. The van der Waals surface area contributed by atoms with Crippen LogP contribution in [0.15, 0.2) is 22.7 Å². The van der Waals surface area contributed by atoms with Crippen molar-refractivity contribution in [1.29, 1.82) is 0 Å². The summed E-state index contributed by atoms with van der Waals surface area (Å²) in [5.74, 6) is 1.64. The first kappa shape index (κ1) is 15.8. The van der Waals surface area contributed by atoms with Crippen LogP contribution < -0.4 is 10.1 Å². The van der Waals surface area contributed by atoms with Gasteiger partial charge in [-0.25, -0.2) is 0 Å². The number of halogens is 1.